The summed E-state index contributed by atoms with van der Waals surface area (Å²) in [5, 5.41) is 10.9. The van der Waals surface area contributed by atoms with Gasteiger partial charge in [0, 0.05) is 44.2 Å². The van der Waals surface area contributed by atoms with Crippen LogP contribution < -0.4 is 5.32 Å². The fraction of sp³-hybridized carbons (Fsp3) is 0.600. The van der Waals surface area contributed by atoms with Crippen LogP contribution >= 0.6 is 0 Å². The molecule has 3 aliphatic heterocycles. The second-order valence-corrected chi connectivity index (χ2v) is 8.47. The molecule has 0 aliphatic carbocycles. The van der Waals surface area contributed by atoms with Crippen molar-refractivity contribution in [3.63, 3.8) is 0 Å². The van der Waals surface area contributed by atoms with Crippen LogP contribution in [0.4, 0.5) is 0 Å². The Morgan fingerprint density at radius 1 is 1.41 bits per heavy atom. The van der Waals surface area contributed by atoms with Gasteiger partial charge in [-0.2, -0.15) is 5.10 Å². The maximum atomic E-state index is 12.8. The molecule has 5 heterocycles. The van der Waals surface area contributed by atoms with E-state index in [2.05, 4.69) is 15.6 Å². The average Bonchev–Trinajstić information content (AvgIpc) is 3.47. The summed E-state index contributed by atoms with van der Waals surface area (Å²) in [4.78, 5) is 27.1. The summed E-state index contributed by atoms with van der Waals surface area (Å²) in [6.45, 7) is 3.67. The molecule has 154 valence electrons. The fourth-order valence-electron chi connectivity index (χ4n) is 5.31. The highest BCUT2D eigenvalue weighted by Gasteiger charge is 2.63. The molecule has 4 atom stereocenters. The Labute approximate surface area is 168 Å². The van der Waals surface area contributed by atoms with Crippen molar-refractivity contribution in [3.05, 3.63) is 35.5 Å². The molecule has 0 saturated carbocycles. The average molecular weight is 399 g/mol. The van der Waals surface area contributed by atoms with E-state index in [1.807, 2.05) is 11.8 Å². The van der Waals surface area contributed by atoms with Gasteiger partial charge in [0.2, 0.25) is 5.91 Å². The Balaban J connectivity index is 1.24. The summed E-state index contributed by atoms with van der Waals surface area (Å²) in [7, 11) is 1.75. The SMILES string of the molecule is Cc1cc(CC(=O)N2C[C@@H]3[C@H](CNC(=O)c4ccnn4C)[C@H]4CC[C@]3(C2)O4)on1. The van der Waals surface area contributed by atoms with Gasteiger partial charge in [-0.15, -0.1) is 0 Å². The normalized spacial score (nSPS) is 30.0. The highest BCUT2D eigenvalue weighted by atomic mass is 16.5. The minimum absolute atomic E-state index is 0.0367. The van der Waals surface area contributed by atoms with Crippen molar-refractivity contribution < 1.29 is 18.8 Å². The first kappa shape index (κ1) is 18.4. The molecule has 3 fully saturated rings. The zero-order valence-corrected chi connectivity index (χ0v) is 16.6. The number of ether oxygens (including phenoxy) is 1. The molecule has 2 aromatic rings. The molecule has 2 aromatic heterocycles. The molecule has 0 unspecified atom stereocenters. The number of amides is 2. The van der Waals surface area contributed by atoms with Crippen molar-refractivity contribution in [2.45, 2.75) is 37.9 Å². The lowest BCUT2D eigenvalue weighted by atomic mass is 9.73. The monoisotopic (exact) mass is 399 g/mol. The predicted molar refractivity (Wildman–Crippen MR) is 101 cm³/mol. The first-order chi connectivity index (χ1) is 13.9. The molecule has 1 spiro atoms. The van der Waals surface area contributed by atoms with E-state index in [0.717, 1.165) is 18.5 Å². The number of hydrogen-bond acceptors (Lipinski definition) is 6. The molecule has 2 amide bonds. The topological polar surface area (TPSA) is 102 Å². The second-order valence-electron chi connectivity index (χ2n) is 8.47. The van der Waals surface area contributed by atoms with Crippen LogP contribution in [0.1, 0.15) is 34.8 Å². The third-order valence-electron chi connectivity index (χ3n) is 6.69. The van der Waals surface area contributed by atoms with Gasteiger partial charge in [-0.3, -0.25) is 14.3 Å². The molecule has 3 aliphatic rings. The third-order valence-corrected chi connectivity index (χ3v) is 6.69. The first-order valence-corrected chi connectivity index (χ1v) is 10.1. The summed E-state index contributed by atoms with van der Waals surface area (Å²) < 4.78 is 13.1. The van der Waals surface area contributed by atoms with E-state index in [0.29, 0.717) is 31.1 Å². The zero-order chi connectivity index (χ0) is 20.2. The number of aromatic nitrogens is 3. The smallest absolute Gasteiger partial charge is 0.269 e. The van der Waals surface area contributed by atoms with Gasteiger partial charge >= 0.3 is 0 Å². The van der Waals surface area contributed by atoms with Crippen LogP contribution in [0.25, 0.3) is 0 Å². The lowest BCUT2D eigenvalue weighted by Crippen LogP contribution is -2.42. The summed E-state index contributed by atoms with van der Waals surface area (Å²) in [5.74, 6) is 0.954. The van der Waals surface area contributed by atoms with E-state index in [9.17, 15) is 9.59 Å². The number of carbonyl (C=O) groups is 2. The van der Waals surface area contributed by atoms with Gasteiger partial charge in [0.25, 0.3) is 5.91 Å². The Bertz CT molecular complexity index is 952. The molecule has 9 nitrogen and oxygen atoms in total. The Morgan fingerprint density at radius 2 is 2.28 bits per heavy atom. The molecule has 9 heteroatoms. The highest BCUT2D eigenvalue weighted by Crippen LogP contribution is 2.54. The van der Waals surface area contributed by atoms with E-state index in [1.54, 1.807) is 30.1 Å². The quantitative estimate of drug-likeness (QED) is 0.794. The second kappa shape index (κ2) is 6.69. The van der Waals surface area contributed by atoms with Crippen LogP contribution in [0.5, 0.6) is 0 Å². The van der Waals surface area contributed by atoms with Crippen LogP contribution in [0, 0.1) is 18.8 Å². The molecule has 3 saturated heterocycles. The molecule has 29 heavy (non-hydrogen) atoms. The zero-order valence-electron chi connectivity index (χ0n) is 16.6. The molecule has 5 rings (SSSR count). The van der Waals surface area contributed by atoms with Gasteiger partial charge in [0.1, 0.15) is 11.5 Å². The number of carbonyl (C=O) groups excluding carboxylic acids is 2. The van der Waals surface area contributed by atoms with Crippen molar-refractivity contribution in [3.8, 4) is 0 Å². The van der Waals surface area contributed by atoms with Crippen LogP contribution in [0.15, 0.2) is 22.9 Å². The van der Waals surface area contributed by atoms with Crippen LogP contribution in [-0.4, -0.2) is 63.0 Å². The Hall–Kier alpha value is -2.68. The van der Waals surface area contributed by atoms with Crippen molar-refractivity contribution in [1.29, 1.82) is 0 Å². The van der Waals surface area contributed by atoms with Gasteiger partial charge in [-0.05, 0) is 25.8 Å². The van der Waals surface area contributed by atoms with E-state index in [1.165, 1.54) is 0 Å². The van der Waals surface area contributed by atoms with Crippen molar-refractivity contribution in [2.75, 3.05) is 19.6 Å². The Kier molecular flexibility index (Phi) is 4.23. The first-order valence-electron chi connectivity index (χ1n) is 10.1. The summed E-state index contributed by atoms with van der Waals surface area (Å²) in [6, 6.07) is 3.50. The van der Waals surface area contributed by atoms with Gasteiger partial charge in [-0.25, -0.2) is 0 Å². The maximum Gasteiger partial charge on any atom is 0.269 e. The van der Waals surface area contributed by atoms with E-state index in [-0.39, 0.29) is 41.8 Å². The molecule has 0 aromatic carbocycles. The minimum Gasteiger partial charge on any atom is -0.369 e. The maximum absolute atomic E-state index is 12.8. The van der Waals surface area contributed by atoms with Gasteiger partial charge in [-0.1, -0.05) is 5.16 Å². The third kappa shape index (κ3) is 3.04. The minimum atomic E-state index is -0.264. The van der Waals surface area contributed by atoms with Crippen LogP contribution in [-0.2, 0) is 23.0 Å². The number of likely N-dealkylation sites (tertiary alicyclic amines) is 1. The predicted octanol–water partition coefficient (Wildman–Crippen LogP) is 0.695. The number of rotatable bonds is 5. The fourth-order valence-corrected chi connectivity index (χ4v) is 5.31. The highest BCUT2D eigenvalue weighted by molar-refractivity contribution is 5.92. The largest absolute Gasteiger partial charge is 0.369 e. The molecule has 1 N–H and O–H groups in total. The van der Waals surface area contributed by atoms with Gasteiger partial charge in [0.15, 0.2) is 0 Å². The van der Waals surface area contributed by atoms with Gasteiger partial charge < -0.3 is 19.5 Å². The van der Waals surface area contributed by atoms with Crippen LogP contribution in [0.2, 0.25) is 0 Å². The number of hydrogen-bond donors (Lipinski definition) is 1. The van der Waals surface area contributed by atoms with E-state index in [4.69, 9.17) is 9.26 Å². The Morgan fingerprint density at radius 3 is 3.00 bits per heavy atom. The number of fused-ring (bicyclic) bond motifs is 1. The summed E-state index contributed by atoms with van der Waals surface area (Å²) in [6.07, 6.45) is 3.93. The molecule has 2 bridgehead atoms. The molecule has 0 radical (unpaired) electrons. The van der Waals surface area contributed by atoms with E-state index < -0.39 is 0 Å². The van der Waals surface area contributed by atoms with Gasteiger partial charge in [0.05, 0.1) is 30.4 Å². The summed E-state index contributed by atoms with van der Waals surface area (Å²) in [5.41, 5.74) is 1.05. The standard InChI is InChI=1S/C20H25N5O4/c1-12-7-13(29-23-12)8-18(26)25-10-15-14(17-3-5-20(15,11-25)28-17)9-21-19(27)16-4-6-22-24(16)2/h4,6-7,14-15,17H,3,5,8-11H2,1-2H3,(H,21,27)/t14-,15+,17+,20+/m0/s1. The van der Waals surface area contributed by atoms with Crippen LogP contribution in [0.3, 0.4) is 0 Å². The number of aryl methyl sites for hydroxylation is 2. The van der Waals surface area contributed by atoms with Crippen molar-refractivity contribution in [1.82, 2.24) is 25.2 Å². The number of nitrogens with zero attached hydrogens (tertiary/aromatic N) is 4. The lowest BCUT2D eigenvalue weighted by Gasteiger charge is -2.29. The summed E-state index contributed by atoms with van der Waals surface area (Å²) >= 11 is 0. The van der Waals surface area contributed by atoms with Crippen molar-refractivity contribution in [2.24, 2.45) is 18.9 Å². The lowest BCUT2D eigenvalue weighted by molar-refractivity contribution is -0.131. The van der Waals surface area contributed by atoms with Crippen molar-refractivity contribution >= 4 is 11.8 Å². The number of nitrogens with one attached hydrogen (secondary N) is 1. The molecular weight excluding hydrogens is 374 g/mol. The van der Waals surface area contributed by atoms with E-state index >= 15 is 0 Å². The molecular formula is C20H25N5O4.